The van der Waals surface area contributed by atoms with E-state index < -0.39 is 0 Å². The summed E-state index contributed by atoms with van der Waals surface area (Å²) in [6, 6.07) is 14.1. The maximum absolute atomic E-state index is 13.1. The maximum atomic E-state index is 13.1. The van der Waals surface area contributed by atoms with Crippen LogP contribution < -0.4 is 0 Å². The highest BCUT2D eigenvalue weighted by atomic mass is 16.5. The Kier molecular flexibility index (Phi) is 5.26. The van der Waals surface area contributed by atoms with Gasteiger partial charge in [-0.1, -0.05) is 30.3 Å². The molecule has 0 spiro atoms. The minimum absolute atomic E-state index is 0.0539. The Morgan fingerprint density at radius 3 is 2.75 bits per heavy atom. The number of hydrogen-bond acceptors (Lipinski definition) is 3. The number of nitrogens with zero attached hydrogens (tertiary/aromatic N) is 2. The van der Waals surface area contributed by atoms with Crippen molar-refractivity contribution >= 4 is 5.91 Å². The molecule has 0 radical (unpaired) electrons. The molecule has 1 aromatic heterocycles. The molecule has 0 N–H and O–H groups in total. The fourth-order valence-corrected chi connectivity index (χ4v) is 3.51. The Bertz CT molecular complexity index is 687. The van der Waals surface area contributed by atoms with Gasteiger partial charge in [-0.05, 0) is 43.9 Å². The van der Waals surface area contributed by atoms with E-state index in [2.05, 4.69) is 17.1 Å². The molecule has 126 valence electrons. The molecule has 4 nitrogen and oxygen atoms in total. The van der Waals surface area contributed by atoms with Crippen molar-refractivity contribution in [1.29, 1.82) is 0 Å². The summed E-state index contributed by atoms with van der Waals surface area (Å²) in [5, 5.41) is 0. The molecule has 1 fully saturated rings. The Labute approximate surface area is 143 Å². The van der Waals surface area contributed by atoms with Gasteiger partial charge in [-0.25, -0.2) is 0 Å². The van der Waals surface area contributed by atoms with E-state index in [-0.39, 0.29) is 18.1 Å². The molecular weight excluding hydrogens is 300 g/mol. The lowest BCUT2D eigenvalue weighted by Crippen LogP contribution is -2.52. The number of pyridine rings is 1. The van der Waals surface area contributed by atoms with Gasteiger partial charge in [0.2, 0.25) is 0 Å². The number of methoxy groups -OCH3 is 1. The molecule has 2 atom stereocenters. The largest absolute Gasteiger partial charge is 0.379 e. The topological polar surface area (TPSA) is 42.4 Å². The molecular formula is C20H24N2O2. The zero-order valence-corrected chi connectivity index (χ0v) is 14.3. The summed E-state index contributed by atoms with van der Waals surface area (Å²) >= 11 is 0. The zero-order valence-electron chi connectivity index (χ0n) is 14.3. The van der Waals surface area contributed by atoms with Crippen molar-refractivity contribution in [3.63, 3.8) is 0 Å². The molecule has 0 unspecified atom stereocenters. The lowest BCUT2D eigenvalue weighted by atomic mass is 9.92. The van der Waals surface area contributed by atoms with Gasteiger partial charge in [-0.15, -0.1) is 0 Å². The smallest absolute Gasteiger partial charge is 0.256 e. The molecule has 24 heavy (non-hydrogen) atoms. The second-order valence-electron chi connectivity index (χ2n) is 6.31. The third-order valence-corrected chi connectivity index (χ3v) is 4.81. The first-order chi connectivity index (χ1) is 11.7. The first kappa shape index (κ1) is 16.7. The second-order valence-corrected chi connectivity index (χ2v) is 6.31. The van der Waals surface area contributed by atoms with Gasteiger partial charge in [-0.3, -0.25) is 9.78 Å². The molecule has 2 heterocycles. The van der Waals surface area contributed by atoms with Gasteiger partial charge in [-0.2, -0.15) is 0 Å². The van der Waals surface area contributed by atoms with Crippen molar-refractivity contribution in [2.45, 2.75) is 38.3 Å². The van der Waals surface area contributed by atoms with Gasteiger partial charge in [0.1, 0.15) is 0 Å². The van der Waals surface area contributed by atoms with Crippen LogP contribution in [0.1, 0.15) is 34.5 Å². The minimum atomic E-state index is 0.0539. The highest BCUT2D eigenvalue weighted by Crippen LogP contribution is 2.25. The Morgan fingerprint density at radius 1 is 1.25 bits per heavy atom. The van der Waals surface area contributed by atoms with Gasteiger partial charge in [0.25, 0.3) is 5.91 Å². The SMILES string of the molecule is CO[C@H]1CCCN(C(=O)c2cccnc2C)[C@H]1Cc1ccccc1. The van der Waals surface area contributed by atoms with E-state index in [1.807, 2.05) is 42.2 Å². The van der Waals surface area contributed by atoms with Crippen molar-refractivity contribution in [3.8, 4) is 0 Å². The molecule has 1 aliphatic rings. The third kappa shape index (κ3) is 3.49. The summed E-state index contributed by atoms with van der Waals surface area (Å²) in [5.74, 6) is 0.0586. The number of likely N-dealkylation sites (tertiary alicyclic amines) is 1. The van der Waals surface area contributed by atoms with Crippen LogP contribution in [0.4, 0.5) is 0 Å². The first-order valence-electron chi connectivity index (χ1n) is 8.50. The molecule has 1 saturated heterocycles. The average Bonchev–Trinajstić information content (AvgIpc) is 2.62. The number of carbonyl (C=O) groups is 1. The van der Waals surface area contributed by atoms with E-state index in [0.717, 1.165) is 31.5 Å². The molecule has 0 bridgehead atoms. The fraction of sp³-hybridized carbons (Fsp3) is 0.400. The van der Waals surface area contributed by atoms with Crippen LogP contribution in [0.5, 0.6) is 0 Å². The molecule has 1 amide bonds. The summed E-state index contributed by atoms with van der Waals surface area (Å²) in [6.07, 6.45) is 4.56. The van der Waals surface area contributed by atoms with Crippen LogP contribution in [-0.4, -0.2) is 41.6 Å². The molecule has 2 aromatic rings. The number of ether oxygens (including phenoxy) is 1. The van der Waals surface area contributed by atoms with E-state index >= 15 is 0 Å². The van der Waals surface area contributed by atoms with Crippen LogP contribution in [0.25, 0.3) is 0 Å². The van der Waals surface area contributed by atoms with E-state index in [0.29, 0.717) is 5.56 Å². The van der Waals surface area contributed by atoms with Crippen LogP contribution >= 0.6 is 0 Å². The zero-order chi connectivity index (χ0) is 16.9. The Hall–Kier alpha value is -2.20. The predicted molar refractivity (Wildman–Crippen MR) is 94.0 cm³/mol. The van der Waals surface area contributed by atoms with Crippen LogP contribution in [0.2, 0.25) is 0 Å². The van der Waals surface area contributed by atoms with Crippen molar-refractivity contribution < 1.29 is 9.53 Å². The lowest BCUT2D eigenvalue weighted by molar-refractivity contribution is -0.0118. The number of aromatic nitrogens is 1. The second kappa shape index (κ2) is 7.58. The molecule has 4 heteroatoms. The van der Waals surface area contributed by atoms with E-state index in [9.17, 15) is 4.79 Å². The van der Waals surface area contributed by atoms with Gasteiger partial charge in [0, 0.05) is 25.5 Å². The first-order valence-corrected chi connectivity index (χ1v) is 8.50. The van der Waals surface area contributed by atoms with E-state index in [4.69, 9.17) is 4.74 Å². The summed E-state index contributed by atoms with van der Waals surface area (Å²) in [4.78, 5) is 19.4. The number of rotatable bonds is 4. The fourth-order valence-electron chi connectivity index (χ4n) is 3.51. The average molecular weight is 324 g/mol. The predicted octanol–water partition coefficient (Wildman–Crippen LogP) is 3.25. The molecule has 0 aliphatic carbocycles. The Balaban J connectivity index is 1.88. The Morgan fingerprint density at radius 2 is 2.04 bits per heavy atom. The van der Waals surface area contributed by atoms with Crippen molar-refractivity contribution in [1.82, 2.24) is 9.88 Å². The lowest BCUT2D eigenvalue weighted by Gasteiger charge is -2.41. The van der Waals surface area contributed by atoms with E-state index in [1.165, 1.54) is 5.56 Å². The molecule has 0 saturated carbocycles. The van der Waals surface area contributed by atoms with Crippen LogP contribution in [0.3, 0.4) is 0 Å². The molecule has 1 aliphatic heterocycles. The van der Waals surface area contributed by atoms with Gasteiger partial charge >= 0.3 is 0 Å². The highest BCUT2D eigenvalue weighted by Gasteiger charge is 2.35. The standard InChI is InChI=1S/C20H24N2O2/c1-15-17(10-6-12-21-15)20(23)22-13-7-11-19(24-2)18(22)14-16-8-4-3-5-9-16/h3-6,8-10,12,18-19H,7,11,13-14H2,1-2H3/t18-,19-/m0/s1. The van der Waals surface area contributed by atoms with Crippen LogP contribution in [0.15, 0.2) is 48.7 Å². The molecule has 1 aromatic carbocycles. The summed E-state index contributed by atoms with van der Waals surface area (Å²) in [5.41, 5.74) is 2.69. The van der Waals surface area contributed by atoms with Crippen molar-refractivity contribution in [3.05, 3.63) is 65.5 Å². The van der Waals surface area contributed by atoms with Crippen molar-refractivity contribution in [2.24, 2.45) is 0 Å². The summed E-state index contributed by atoms with van der Waals surface area (Å²) < 4.78 is 5.71. The third-order valence-electron chi connectivity index (χ3n) is 4.81. The maximum Gasteiger partial charge on any atom is 0.256 e. The van der Waals surface area contributed by atoms with Crippen LogP contribution in [0, 0.1) is 6.92 Å². The van der Waals surface area contributed by atoms with E-state index in [1.54, 1.807) is 13.3 Å². The number of benzene rings is 1. The van der Waals surface area contributed by atoms with Gasteiger partial charge in [0.05, 0.1) is 17.7 Å². The highest BCUT2D eigenvalue weighted by molar-refractivity contribution is 5.95. The van der Waals surface area contributed by atoms with Gasteiger partial charge < -0.3 is 9.64 Å². The quantitative estimate of drug-likeness (QED) is 0.867. The normalized spacial score (nSPS) is 20.8. The number of piperidine rings is 1. The van der Waals surface area contributed by atoms with Crippen molar-refractivity contribution in [2.75, 3.05) is 13.7 Å². The number of carbonyl (C=O) groups excluding carboxylic acids is 1. The monoisotopic (exact) mass is 324 g/mol. The summed E-state index contributed by atoms with van der Waals surface area (Å²) in [6.45, 7) is 2.65. The summed E-state index contributed by atoms with van der Waals surface area (Å²) in [7, 11) is 1.74. The van der Waals surface area contributed by atoms with Crippen LogP contribution in [-0.2, 0) is 11.2 Å². The number of amides is 1. The number of aryl methyl sites for hydroxylation is 1. The minimum Gasteiger partial charge on any atom is -0.379 e. The van der Waals surface area contributed by atoms with Gasteiger partial charge in [0.15, 0.2) is 0 Å². The molecule has 3 rings (SSSR count). The number of hydrogen-bond donors (Lipinski definition) is 0.